The smallest absolute Gasteiger partial charge is 0.191 e. The molecular formula is C18H33N5S. The number of rotatable bonds is 8. The molecule has 0 amide bonds. The molecule has 1 unspecified atom stereocenters. The van der Waals surface area contributed by atoms with Crippen molar-refractivity contribution < 1.29 is 0 Å². The van der Waals surface area contributed by atoms with Gasteiger partial charge in [-0.25, -0.2) is 4.99 Å². The number of piperazine rings is 1. The molecule has 2 rings (SSSR count). The molecule has 0 spiro atoms. The number of hydrogen-bond acceptors (Lipinski definition) is 4. The maximum Gasteiger partial charge on any atom is 0.191 e. The van der Waals surface area contributed by atoms with E-state index in [0.717, 1.165) is 32.1 Å². The van der Waals surface area contributed by atoms with Crippen LogP contribution in [0.25, 0.3) is 0 Å². The minimum absolute atomic E-state index is 0.614. The lowest BCUT2D eigenvalue weighted by Crippen LogP contribution is -2.48. The molecule has 1 fully saturated rings. The summed E-state index contributed by atoms with van der Waals surface area (Å²) in [4.78, 5) is 9.80. The van der Waals surface area contributed by atoms with Gasteiger partial charge < -0.3 is 20.4 Å². The fraction of sp³-hybridized carbons (Fsp3) is 0.722. The summed E-state index contributed by atoms with van der Waals surface area (Å²) >= 11 is 1.72. The number of nitrogens with one attached hydrogen (secondary N) is 2. The molecule has 1 saturated heterocycles. The fourth-order valence-corrected chi connectivity index (χ4v) is 3.62. The lowest BCUT2D eigenvalue weighted by atomic mass is 10.1. The number of thiophene rings is 1. The third kappa shape index (κ3) is 6.79. The second kappa shape index (κ2) is 10.7. The first-order valence-corrected chi connectivity index (χ1v) is 10.1. The maximum absolute atomic E-state index is 4.68. The van der Waals surface area contributed by atoms with Gasteiger partial charge >= 0.3 is 0 Å². The van der Waals surface area contributed by atoms with Gasteiger partial charge in [0, 0.05) is 45.8 Å². The van der Waals surface area contributed by atoms with Crippen molar-refractivity contribution in [3.63, 3.8) is 0 Å². The van der Waals surface area contributed by atoms with Gasteiger partial charge in [0.1, 0.15) is 0 Å². The van der Waals surface area contributed by atoms with Crippen molar-refractivity contribution in [2.75, 3.05) is 52.4 Å². The Morgan fingerprint density at radius 3 is 2.58 bits per heavy atom. The molecule has 1 aromatic rings. The van der Waals surface area contributed by atoms with Gasteiger partial charge in [-0.2, -0.15) is 11.3 Å². The van der Waals surface area contributed by atoms with Gasteiger partial charge in [-0.3, -0.25) is 0 Å². The summed E-state index contributed by atoms with van der Waals surface area (Å²) in [5, 5.41) is 11.1. The average molecular weight is 352 g/mol. The van der Waals surface area contributed by atoms with Crippen LogP contribution in [0, 0.1) is 5.92 Å². The van der Waals surface area contributed by atoms with Crippen LogP contribution in [0.5, 0.6) is 0 Å². The van der Waals surface area contributed by atoms with E-state index < -0.39 is 0 Å². The third-order valence-electron chi connectivity index (χ3n) is 4.44. The largest absolute Gasteiger partial charge is 0.357 e. The Morgan fingerprint density at radius 1 is 1.21 bits per heavy atom. The molecule has 0 bridgehead atoms. The Labute approximate surface area is 151 Å². The zero-order valence-electron chi connectivity index (χ0n) is 15.4. The van der Waals surface area contributed by atoms with Gasteiger partial charge in [-0.05, 0) is 41.8 Å². The maximum atomic E-state index is 4.68. The molecule has 1 atom stereocenters. The van der Waals surface area contributed by atoms with Crippen molar-refractivity contribution in [3.8, 4) is 0 Å². The Balaban J connectivity index is 1.71. The van der Waals surface area contributed by atoms with Crippen LogP contribution in [0.1, 0.15) is 26.3 Å². The summed E-state index contributed by atoms with van der Waals surface area (Å²) in [6, 6.07) is 2.14. The van der Waals surface area contributed by atoms with Gasteiger partial charge in [0.05, 0.1) is 6.54 Å². The van der Waals surface area contributed by atoms with Crippen LogP contribution in [-0.4, -0.2) is 68.1 Å². The van der Waals surface area contributed by atoms with E-state index in [-0.39, 0.29) is 0 Å². The Bertz CT molecular complexity index is 466. The van der Waals surface area contributed by atoms with Crippen LogP contribution in [-0.2, 0) is 6.54 Å². The third-order valence-corrected chi connectivity index (χ3v) is 5.18. The van der Waals surface area contributed by atoms with Gasteiger partial charge in [0.2, 0.25) is 0 Å². The zero-order valence-corrected chi connectivity index (χ0v) is 16.2. The van der Waals surface area contributed by atoms with Crippen LogP contribution >= 0.6 is 11.3 Å². The lowest BCUT2D eigenvalue weighted by molar-refractivity contribution is 0.124. The van der Waals surface area contributed by atoms with Crippen LogP contribution in [0.4, 0.5) is 0 Å². The average Bonchev–Trinajstić information content (AvgIpc) is 3.11. The molecule has 2 heterocycles. The molecule has 136 valence electrons. The van der Waals surface area contributed by atoms with Crippen molar-refractivity contribution in [2.45, 2.75) is 27.3 Å². The van der Waals surface area contributed by atoms with E-state index in [1.807, 2.05) is 0 Å². The summed E-state index contributed by atoms with van der Waals surface area (Å²) in [7, 11) is 0. The van der Waals surface area contributed by atoms with Crippen LogP contribution in [0.3, 0.4) is 0 Å². The molecular weight excluding hydrogens is 318 g/mol. The quantitative estimate of drug-likeness (QED) is 0.556. The standard InChI is InChI=1S/C18H33N5S/c1-4-19-18(21-13-17-6-11-24-15-17)20-12-16(3)14-23-9-7-22(5-2)8-10-23/h6,11,15-16H,4-5,7-10,12-14H2,1-3H3,(H2,19,20,21). The predicted molar refractivity (Wildman–Crippen MR) is 105 cm³/mol. The van der Waals surface area contributed by atoms with Gasteiger partial charge in [-0.15, -0.1) is 0 Å². The molecule has 1 aromatic heterocycles. The predicted octanol–water partition coefficient (Wildman–Crippen LogP) is 2.08. The lowest BCUT2D eigenvalue weighted by Gasteiger charge is -2.35. The van der Waals surface area contributed by atoms with E-state index in [9.17, 15) is 0 Å². The highest BCUT2D eigenvalue weighted by Gasteiger charge is 2.17. The molecule has 0 saturated carbocycles. The minimum Gasteiger partial charge on any atom is -0.357 e. The summed E-state index contributed by atoms with van der Waals surface area (Å²) in [5.41, 5.74) is 1.28. The first-order chi connectivity index (χ1) is 11.7. The monoisotopic (exact) mass is 351 g/mol. The summed E-state index contributed by atoms with van der Waals surface area (Å²) in [6.07, 6.45) is 0. The molecule has 1 aliphatic rings. The highest BCUT2D eigenvalue weighted by atomic mass is 32.1. The van der Waals surface area contributed by atoms with Crippen LogP contribution in [0.15, 0.2) is 21.8 Å². The Hall–Kier alpha value is -1.11. The van der Waals surface area contributed by atoms with Crippen molar-refractivity contribution >= 4 is 17.3 Å². The van der Waals surface area contributed by atoms with E-state index in [1.165, 1.54) is 38.3 Å². The SMILES string of the molecule is CCNC(=NCc1ccsc1)NCC(C)CN1CCN(CC)CC1. The van der Waals surface area contributed by atoms with Crippen molar-refractivity contribution in [2.24, 2.45) is 10.9 Å². The van der Waals surface area contributed by atoms with Crippen LogP contribution < -0.4 is 10.6 Å². The Kier molecular flexibility index (Phi) is 8.56. The van der Waals surface area contributed by atoms with E-state index >= 15 is 0 Å². The molecule has 5 nitrogen and oxygen atoms in total. The van der Waals surface area contributed by atoms with Gasteiger partial charge in [0.15, 0.2) is 5.96 Å². The van der Waals surface area contributed by atoms with Crippen LogP contribution in [0.2, 0.25) is 0 Å². The number of aliphatic imine (C=N–C) groups is 1. The van der Waals surface area contributed by atoms with E-state index in [0.29, 0.717) is 5.92 Å². The molecule has 6 heteroatoms. The topological polar surface area (TPSA) is 42.9 Å². The highest BCUT2D eigenvalue weighted by molar-refractivity contribution is 7.07. The molecule has 1 aliphatic heterocycles. The number of likely N-dealkylation sites (N-methyl/N-ethyl adjacent to an activating group) is 1. The second-order valence-corrected chi connectivity index (χ2v) is 7.33. The first kappa shape index (κ1) is 19.2. The van der Waals surface area contributed by atoms with E-state index in [2.05, 4.69) is 63.0 Å². The zero-order chi connectivity index (χ0) is 17.2. The second-order valence-electron chi connectivity index (χ2n) is 6.55. The summed E-state index contributed by atoms with van der Waals surface area (Å²) < 4.78 is 0. The Morgan fingerprint density at radius 2 is 1.96 bits per heavy atom. The normalized spacial score (nSPS) is 18.5. The summed E-state index contributed by atoms with van der Waals surface area (Å²) in [5.74, 6) is 1.54. The molecule has 24 heavy (non-hydrogen) atoms. The molecule has 0 aliphatic carbocycles. The molecule has 2 N–H and O–H groups in total. The van der Waals surface area contributed by atoms with Crippen molar-refractivity contribution in [1.82, 2.24) is 20.4 Å². The van der Waals surface area contributed by atoms with Gasteiger partial charge in [0.25, 0.3) is 0 Å². The van der Waals surface area contributed by atoms with Crippen molar-refractivity contribution in [3.05, 3.63) is 22.4 Å². The van der Waals surface area contributed by atoms with E-state index in [1.54, 1.807) is 11.3 Å². The number of nitrogens with zero attached hydrogens (tertiary/aromatic N) is 3. The minimum atomic E-state index is 0.614. The molecule has 0 radical (unpaired) electrons. The van der Waals surface area contributed by atoms with Gasteiger partial charge in [-0.1, -0.05) is 13.8 Å². The number of guanidine groups is 1. The highest BCUT2D eigenvalue weighted by Crippen LogP contribution is 2.07. The first-order valence-electron chi connectivity index (χ1n) is 9.19. The molecule has 0 aromatic carbocycles. The fourth-order valence-electron chi connectivity index (χ4n) is 2.96. The number of hydrogen-bond donors (Lipinski definition) is 2. The summed E-state index contributed by atoms with van der Waals surface area (Å²) in [6.45, 7) is 16.4. The van der Waals surface area contributed by atoms with Crippen molar-refractivity contribution in [1.29, 1.82) is 0 Å². The van der Waals surface area contributed by atoms with E-state index in [4.69, 9.17) is 0 Å².